The predicted molar refractivity (Wildman–Crippen MR) is 79.9 cm³/mol. The van der Waals surface area contributed by atoms with Crippen molar-refractivity contribution >= 4 is 11.7 Å². The van der Waals surface area contributed by atoms with E-state index in [2.05, 4.69) is 0 Å². The van der Waals surface area contributed by atoms with Crippen LogP contribution >= 0.6 is 0 Å². The average Bonchev–Trinajstić information content (AvgIpc) is 2.52. The molecule has 0 radical (unpaired) electrons. The lowest BCUT2D eigenvalue weighted by Gasteiger charge is -2.08. The molecule has 0 aliphatic rings. The number of halogens is 1. The van der Waals surface area contributed by atoms with Gasteiger partial charge >= 0.3 is 5.97 Å². The molecule has 7 heteroatoms. The van der Waals surface area contributed by atoms with Crippen molar-refractivity contribution < 1.29 is 23.6 Å². The minimum atomic E-state index is -0.706. The zero-order chi connectivity index (χ0) is 17.0. The van der Waals surface area contributed by atoms with E-state index in [1.165, 1.54) is 44.4 Å². The van der Waals surface area contributed by atoms with Gasteiger partial charge in [0.1, 0.15) is 6.61 Å². The zero-order valence-electron chi connectivity index (χ0n) is 12.5. The fourth-order valence-corrected chi connectivity index (χ4v) is 2.07. The third-order valence-corrected chi connectivity index (χ3v) is 3.31. The largest absolute Gasteiger partial charge is 0.494 e. The van der Waals surface area contributed by atoms with E-state index in [-0.39, 0.29) is 29.2 Å². The van der Waals surface area contributed by atoms with Crippen molar-refractivity contribution in [1.82, 2.24) is 0 Å². The van der Waals surface area contributed by atoms with Gasteiger partial charge in [0.25, 0.3) is 5.69 Å². The average molecular weight is 319 g/mol. The Morgan fingerprint density at radius 3 is 2.65 bits per heavy atom. The van der Waals surface area contributed by atoms with Crippen molar-refractivity contribution in [3.05, 3.63) is 69.0 Å². The quantitative estimate of drug-likeness (QED) is 0.479. The fourth-order valence-electron chi connectivity index (χ4n) is 2.07. The van der Waals surface area contributed by atoms with E-state index in [0.717, 1.165) is 0 Å². The highest BCUT2D eigenvalue weighted by molar-refractivity contribution is 5.92. The van der Waals surface area contributed by atoms with E-state index >= 15 is 0 Å². The second-order valence-corrected chi connectivity index (χ2v) is 4.75. The van der Waals surface area contributed by atoms with Crippen LogP contribution in [0.2, 0.25) is 0 Å². The summed E-state index contributed by atoms with van der Waals surface area (Å²) in [5, 5.41) is 10.9. The van der Waals surface area contributed by atoms with Gasteiger partial charge in [-0.2, -0.15) is 0 Å². The Balaban J connectivity index is 2.13. The number of carbonyl (C=O) groups is 1. The van der Waals surface area contributed by atoms with Crippen molar-refractivity contribution in [2.24, 2.45) is 0 Å². The van der Waals surface area contributed by atoms with Gasteiger partial charge in [0.2, 0.25) is 0 Å². The maximum Gasteiger partial charge on any atom is 0.338 e. The molecule has 0 heterocycles. The molecule has 0 N–H and O–H groups in total. The van der Waals surface area contributed by atoms with Crippen LogP contribution in [0.1, 0.15) is 21.5 Å². The molecule has 6 nitrogen and oxygen atoms in total. The number of esters is 1. The van der Waals surface area contributed by atoms with Crippen molar-refractivity contribution in [2.75, 3.05) is 7.11 Å². The number of nitro benzene ring substituents is 1. The number of nitro groups is 1. The summed E-state index contributed by atoms with van der Waals surface area (Å²) in [7, 11) is 1.35. The van der Waals surface area contributed by atoms with Crippen LogP contribution in [0, 0.1) is 22.9 Å². The summed E-state index contributed by atoms with van der Waals surface area (Å²) in [6.45, 7) is 1.32. The number of rotatable bonds is 5. The van der Waals surface area contributed by atoms with E-state index in [4.69, 9.17) is 9.47 Å². The number of hydrogen-bond donors (Lipinski definition) is 0. The van der Waals surface area contributed by atoms with Crippen molar-refractivity contribution in [2.45, 2.75) is 13.5 Å². The zero-order valence-corrected chi connectivity index (χ0v) is 12.5. The van der Waals surface area contributed by atoms with Gasteiger partial charge in [-0.05, 0) is 30.7 Å². The van der Waals surface area contributed by atoms with E-state index in [1.807, 2.05) is 0 Å². The van der Waals surface area contributed by atoms with Crippen LogP contribution < -0.4 is 4.74 Å². The van der Waals surface area contributed by atoms with E-state index in [9.17, 15) is 19.3 Å². The molecule has 0 unspecified atom stereocenters. The normalized spacial score (nSPS) is 10.2. The van der Waals surface area contributed by atoms with E-state index in [1.54, 1.807) is 6.07 Å². The summed E-state index contributed by atoms with van der Waals surface area (Å²) in [6, 6.07) is 8.36. The highest BCUT2D eigenvalue weighted by Gasteiger charge is 2.19. The summed E-state index contributed by atoms with van der Waals surface area (Å²) in [4.78, 5) is 22.4. The topological polar surface area (TPSA) is 78.7 Å². The van der Waals surface area contributed by atoms with Gasteiger partial charge in [-0.1, -0.05) is 12.1 Å². The second-order valence-electron chi connectivity index (χ2n) is 4.75. The van der Waals surface area contributed by atoms with Gasteiger partial charge in [-0.3, -0.25) is 10.1 Å². The number of carbonyl (C=O) groups excluding carboxylic acids is 1. The molecule has 120 valence electrons. The number of nitrogens with zero attached hydrogens (tertiary/aromatic N) is 1. The van der Waals surface area contributed by atoms with E-state index < -0.39 is 16.7 Å². The van der Waals surface area contributed by atoms with Crippen molar-refractivity contribution in [1.29, 1.82) is 0 Å². The molecule has 2 aromatic rings. The third kappa shape index (κ3) is 3.63. The first-order valence-corrected chi connectivity index (χ1v) is 6.67. The summed E-state index contributed by atoms with van der Waals surface area (Å²) in [5.74, 6) is -1.18. The highest BCUT2D eigenvalue weighted by atomic mass is 19.1. The van der Waals surface area contributed by atoms with Crippen LogP contribution in [0.3, 0.4) is 0 Å². The fraction of sp³-hybridized carbons (Fsp3) is 0.188. The van der Waals surface area contributed by atoms with Crippen LogP contribution in [0.15, 0.2) is 36.4 Å². The Kier molecular flexibility index (Phi) is 4.90. The minimum Gasteiger partial charge on any atom is -0.494 e. The molecule has 0 saturated carbocycles. The van der Waals surface area contributed by atoms with Crippen LogP contribution in [0.4, 0.5) is 10.1 Å². The Hall–Kier alpha value is -2.96. The number of ether oxygens (including phenoxy) is 2. The molecule has 0 bridgehead atoms. The molecule has 2 rings (SSSR count). The van der Waals surface area contributed by atoms with Gasteiger partial charge in [-0.25, -0.2) is 9.18 Å². The maximum absolute atomic E-state index is 13.6. The summed E-state index contributed by atoms with van der Waals surface area (Å²) in [5.41, 5.74) is 0.617. The van der Waals surface area contributed by atoms with Crippen LogP contribution in [-0.4, -0.2) is 18.0 Å². The summed E-state index contributed by atoms with van der Waals surface area (Å²) in [6.07, 6.45) is 0. The Morgan fingerprint density at radius 1 is 1.30 bits per heavy atom. The van der Waals surface area contributed by atoms with Crippen molar-refractivity contribution in [3.63, 3.8) is 0 Å². The van der Waals surface area contributed by atoms with Crippen LogP contribution in [-0.2, 0) is 11.3 Å². The lowest BCUT2D eigenvalue weighted by atomic mass is 10.1. The Labute approximate surface area is 131 Å². The minimum absolute atomic E-state index is 0.0922. The molecule has 2 aromatic carbocycles. The van der Waals surface area contributed by atoms with Gasteiger partial charge in [0.05, 0.1) is 17.6 Å². The number of benzene rings is 2. The van der Waals surface area contributed by atoms with E-state index in [0.29, 0.717) is 5.56 Å². The van der Waals surface area contributed by atoms with Gasteiger partial charge in [0, 0.05) is 11.6 Å². The first-order chi connectivity index (χ1) is 10.9. The molecule has 0 atom stereocenters. The lowest BCUT2D eigenvalue weighted by Crippen LogP contribution is -2.08. The standard InChI is InChI=1S/C16H14FNO5/c1-10-12(4-3-5-14(10)18(20)21)16(19)23-9-11-6-7-15(22-2)13(17)8-11/h3-8H,9H2,1-2H3. The highest BCUT2D eigenvalue weighted by Crippen LogP contribution is 2.22. The van der Waals surface area contributed by atoms with Crippen LogP contribution in [0.25, 0.3) is 0 Å². The Morgan fingerprint density at radius 2 is 2.04 bits per heavy atom. The first kappa shape index (κ1) is 16.4. The molecule has 0 aliphatic carbocycles. The first-order valence-electron chi connectivity index (χ1n) is 6.67. The molecule has 23 heavy (non-hydrogen) atoms. The smallest absolute Gasteiger partial charge is 0.338 e. The molecule has 0 aliphatic heterocycles. The second kappa shape index (κ2) is 6.87. The monoisotopic (exact) mass is 319 g/mol. The SMILES string of the molecule is COc1ccc(COC(=O)c2cccc([N+](=O)[O-])c2C)cc1F. The van der Waals surface area contributed by atoms with Gasteiger partial charge in [0.15, 0.2) is 11.6 Å². The molecule has 0 amide bonds. The predicted octanol–water partition coefficient (Wildman–Crippen LogP) is 3.41. The maximum atomic E-state index is 13.6. The molecule has 0 aromatic heterocycles. The lowest BCUT2D eigenvalue weighted by molar-refractivity contribution is -0.385. The molecule has 0 spiro atoms. The summed E-state index contributed by atoms with van der Waals surface area (Å²) >= 11 is 0. The third-order valence-electron chi connectivity index (χ3n) is 3.31. The number of hydrogen-bond acceptors (Lipinski definition) is 5. The van der Waals surface area contributed by atoms with Crippen molar-refractivity contribution in [3.8, 4) is 5.75 Å². The van der Waals surface area contributed by atoms with Crippen LogP contribution in [0.5, 0.6) is 5.75 Å². The molecule has 0 saturated heterocycles. The molecule has 0 fully saturated rings. The summed E-state index contributed by atoms with van der Waals surface area (Å²) < 4.78 is 23.5. The van der Waals surface area contributed by atoms with Gasteiger partial charge < -0.3 is 9.47 Å². The number of methoxy groups -OCH3 is 1. The Bertz CT molecular complexity index is 760. The molecular weight excluding hydrogens is 305 g/mol. The van der Waals surface area contributed by atoms with Gasteiger partial charge in [-0.15, -0.1) is 0 Å². The molecular formula is C16H14FNO5.